The van der Waals surface area contributed by atoms with Gasteiger partial charge >= 0.3 is 0 Å². The summed E-state index contributed by atoms with van der Waals surface area (Å²) >= 11 is 6.00. The summed E-state index contributed by atoms with van der Waals surface area (Å²) in [5.41, 5.74) is 4.14. The number of hydrogen-bond acceptors (Lipinski definition) is 2. The topological polar surface area (TPSA) is 41.5 Å². The number of nitrogens with one attached hydrogen (secondary N) is 1. The van der Waals surface area contributed by atoms with E-state index in [1.165, 1.54) is 29.2 Å². The first-order valence-corrected chi connectivity index (χ1v) is 11.0. The number of aliphatic imine (C=N–C) groups is 1. The van der Waals surface area contributed by atoms with Gasteiger partial charge in [0.15, 0.2) is 0 Å². The number of aryl methyl sites for hydroxylation is 1. The summed E-state index contributed by atoms with van der Waals surface area (Å²) in [6.07, 6.45) is 4.25. The molecule has 3 aromatic carbocycles. The van der Waals surface area contributed by atoms with Crippen molar-refractivity contribution in [3.8, 4) is 0 Å². The molecule has 1 heterocycles. The summed E-state index contributed by atoms with van der Waals surface area (Å²) in [4.78, 5) is 16.2. The van der Waals surface area contributed by atoms with Crippen molar-refractivity contribution >= 4 is 39.7 Å². The van der Waals surface area contributed by atoms with Crippen LogP contribution in [0.4, 0.5) is 5.69 Å². The molecule has 0 bridgehead atoms. The van der Waals surface area contributed by atoms with Gasteiger partial charge in [-0.25, -0.2) is 0 Å². The third-order valence-corrected chi connectivity index (χ3v) is 5.35. The molecule has 0 aromatic heterocycles. The summed E-state index contributed by atoms with van der Waals surface area (Å²) < 4.78 is 0. The van der Waals surface area contributed by atoms with Crippen LogP contribution in [-0.4, -0.2) is 17.7 Å². The van der Waals surface area contributed by atoms with Crippen LogP contribution >= 0.6 is 11.6 Å². The molecule has 4 heteroatoms. The van der Waals surface area contributed by atoms with E-state index in [1.807, 2.05) is 12.1 Å². The average Bonchev–Trinajstić information content (AvgIpc) is 2.86. The number of halogens is 1. The quantitative estimate of drug-likeness (QED) is 0.482. The lowest BCUT2D eigenvalue weighted by Gasteiger charge is -2.09. The monoisotopic (exact) mass is 420 g/mol. The molecule has 0 saturated heterocycles. The molecule has 30 heavy (non-hydrogen) atoms. The Balaban J connectivity index is 0.000000177. The second kappa shape index (κ2) is 10.4. The van der Waals surface area contributed by atoms with Gasteiger partial charge in [0.2, 0.25) is 5.91 Å². The molecule has 1 aliphatic rings. The van der Waals surface area contributed by atoms with Crippen molar-refractivity contribution in [2.24, 2.45) is 4.99 Å². The summed E-state index contributed by atoms with van der Waals surface area (Å²) in [5, 5.41) is 6.23. The van der Waals surface area contributed by atoms with E-state index in [-0.39, 0.29) is 11.9 Å². The van der Waals surface area contributed by atoms with Gasteiger partial charge in [0.1, 0.15) is 6.04 Å². The zero-order valence-electron chi connectivity index (χ0n) is 17.9. The molecule has 1 amide bonds. The molecule has 0 spiro atoms. The highest BCUT2D eigenvalue weighted by Gasteiger charge is 2.21. The van der Waals surface area contributed by atoms with Crippen molar-refractivity contribution in [3.63, 3.8) is 0 Å². The van der Waals surface area contributed by atoms with Crippen molar-refractivity contribution in [2.75, 3.05) is 5.32 Å². The second-order valence-corrected chi connectivity index (χ2v) is 8.05. The number of nitrogens with zero attached hydrogens (tertiary/aromatic N) is 1. The molecular formula is C26H29ClN2O. The smallest absolute Gasteiger partial charge is 0.248 e. The van der Waals surface area contributed by atoms with E-state index in [2.05, 4.69) is 66.6 Å². The number of amides is 1. The highest BCUT2D eigenvalue weighted by Crippen LogP contribution is 2.26. The molecule has 0 aliphatic carbocycles. The minimum atomic E-state index is -0.345. The molecule has 156 valence electrons. The number of rotatable bonds is 4. The molecule has 1 unspecified atom stereocenters. The number of fused-ring (bicyclic) bond motifs is 2. The Bertz CT molecular complexity index is 1060. The molecule has 1 N–H and O–H groups in total. The van der Waals surface area contributed by atoms with Crippen LogP contribution < -0.4 is 5.32 Å². The predicted molar refractivity (Wildman–Crippen MR) is 129 cm³/mol. The molecule has 0 saturated carbocycles. The van der Waals surface area contributed by atoms with Crippen molar-refractivity contribution in [1.29, 1.82) is 0 Å². The number of benzodiazepines with no additional fused rings is 1. The van der Waals surface area contributed by atoms with Gasteiger partial charge in [0.05, 0.1) is 0 Å². The molecule has 3 aromatic rings. The standard InChI is InChI=1S/C13H15ClN2O.C13H14/c1-3-4-11-10-7-9(14)5-6-12(10)16-13(17)8(2)15-11;1-2-5-11-8-9-12-6-3-4-7-13(12)10-11/h5-8H,3-4H2,1-2H3,(H,16,17);3-4,6-10H,2,5H2,1H3. The molecular weight excluding hydrogens is 392 g/mol. The maximum atomic E-state index is 11.8. The van der Waals surface area contributed by atoms with Crippen LogP contribution in [0, 0.1) is 0 Å². The maximum Gasteiger partial charge on any atom is 0.248 e. The van der Waals surface area contributed by atoms with Crippen LogP contribution in [-0.2, 0) is 11.2 Å². The third kappa shape index (κ3) is 5.48. The van der Waals surface area contributed by atoms with Crippen molar-refractivity contribution in [3.05, 3.63) is 76.8 Å². The third-order valence-electron chi connectivity index (χ3n) is 5.12. The zero-order chi connectivity index (χ0) is 21.5. The minimum absolute atomic E-state index is 0.0697. The minimum Gasteiger partial charge on any atom is -0.324 e. The highest BCUT2D eigenvalue weighted by atomic mass is 35.5. The van der Waals surface area contributed by atoms with Gasteiger partial charge in [0, 0.05) is 22.0 Å². The molecule has 3 nitrogen and oxygen atoms in total. The van der Waals surface area contributed by atoms with E-state index in [0.29, 0.717) is 5.02 Å². The van der Waals surface area contributed by atoms with Crippen LogP contribution in [0.5, 0.6) is 0 Å². The predicted octanol–water partition coefficient (Wildman–Crippen LogP) is 7.06. The number of benzene rings is 3. The molecule has 0 radical (unpaired) electrons. The fourth-order valence-corrected chi connectivity index (χ4v) is 3.75. The van der Waals surface area contributed by atoms with Crippen LogP contribution in [0.15, 0.2) is 65.7 Å². The van der Waals surface area contributed by atoms with Gasteiger partial charge in [-0.1, -0.05) is 80.8 Å². The Hall–Kier alpha value is -2.65. The first kappa shape index (κ1) is 22.0. The number of hydrogen-bond donors (Lipinski definition) is 1. The molecule has 1 atom stereocenters. The van der Waals surface area contributed by atoms with Gasteiger partial charge in [-0.15, -0.1) is 0 Å². The van der Waals surface area contributed by atoms with E-state index in [0.717, 1.165) is 29.8 Å². The van der Waals surface area contributed by atoms with Crippen LogP contribution in [0.1, 0.15) is 51.2 Å². The van der Waals surface area contributed by atoms with E-state index in [1.54, 1.807) is 13.0 Å². The van der Waals surface area contributed by atoms with Crippen molar-refractivity contribution in [1.82, 2.24) is 0 Å². The number of carbonyl (C=O) groups excluding carboxylic acids is 1. The lowest BCUT2D eigenvalue weighted by Crippen LogP contribution is -2.22. The second-order valence-electron chi connectivity index (χ2n) is 7.61. The van der Waals surface area contributed by atoms with Gasteiger partial charge in [-0.3, -0.25) is 9.79 Å². The van der Waals surface area contributed by atoms with E-state index >= 15 is 0 Å². The SMILES string of the molecule is CCCC1=NC(C)C(=O)Nc2ccc(Cl)cc21.CCCc1ccc2ccccc2c1. The Kier molecular flexibility index (Phi) is 7.64. The first-order valence-electron chi connectivity index (χ1n) is 10.7. The maximum absolute atomic E-state index is 11.8. The van der Waals surface area contributed by atoms with Gasteiger partial charge in [-0.05, 0) is 54.3 Å². The summed E-state index contributed by atoms with van der Waals surface area (Å²) in [6.45, 7) is 6.12. The van der Waals surface area contributed by atoms with Crippen LogP contribution in [0.2, 0.25) is 5.02 Å². The zero-order valence-corrected chi connectivity index (χ0v) is 18.7. The first-order chi connectivity index (χ1) is 14.5. The van der Waals surface area contributed by atoms with Gasteiger partial charge in [-0.2, -0.15) is 0 Å². The summed E-state index contributed by atoms with van der Waals surface area (Å²) in [7, 11) is 0. The highest BCUT2D eigenvalue weighted by molar-refractivity contribution is 6.31. The fraction of sp³-hybridized carbons (Fsp3) is 0.308. The summed E-state index contributed by atoms with van der Waals surface area (Å²) in [5.74, 6) is -0.0697. The van der Waals surface area contributed by atoms with Crippen molar-refractivity contribution < 1.29 is 4.79 Å². The van der Waals surface area contributed by atoms with Crippen molar-refractivity contribution in [2.45, 2.75) is 52.5 Å². The Morgan fingerprint density at radius 2 is 1.67 bits per heavy atom. The Morgan fingerprint density at radius 1 is 0.933 bits per heavy atom. The number of carbonyl (C=O) groups is 1. The molecule has 0 fully saturated rings. The molecule has 4 rings (SSSR count). The van der Waals surface area contributed by atoms with Gasteiger partial charge < -0.3 is 5.32 Å². The average molecular weight is 421 g/mol. The molecule has 1 aliphatic heterocycles. The summed E-state index contributed by atoms with van der Waals surface area (Å²) in [6, 6.07) is 20.4. The number of anilines is 1. The fourth-order valence-electron chi connectivity index (χ4n) is 3.58. The van der Waals surface area contributed by atoms with Gasteiger partial charge in [0.25, 0.3) is 0 Å². The van der Waals surface area contributed by atoms with E-state index in [4.69, 9.17) is 11.6 Å². The van der Waals surface area contributed by atoms with E-state index in [9.17, 15) is 4.79 Å². The van der Waals surface area contributed by atoms with Crippen LogP contribution in [0.25, 0.3) is 10.8 Å². The Labute approximate surface area is 184 Å². The lowest BCUT2D eigenvalue weighted by molar-refractivity contribution is -0.116. The largest absolute Gasteiger partial charge is 0.324 e. The van der Waals surface area contributed by atoms with E-state index < -0.39 is 0 Å². The van der Waals surface area contributed by atoms with Crippen LogP contribution in [0.3, 0.4) is 0 Å². The normalized spacial score (nSPS) is 15.4. The lowest BCUT2D eigenvalue weighted by atomic mass is 10.0. The Morgan fingerprint density at radius 3 is 2.40 bits per heavy atom.